The van der Waals surface area contributed by atoms with Gasteiger partial charge in [-0.25, -0.2) is 0 Å². The second kappa shape index (κ2) is 22.2. The van der Waals surface area contributed by atoms with Gasteiger partial charge in [0, 0.05) is 22.5 Å². The fourth-order valence-corrected chi connectivity index (χ4v) is 6.89. The van der Waals surface area contributed by atoms with Crippen molar-refractivity contribution in [3.8, 4) is 0 Å². The van der Waals surface area contributed by atoms with Crippen molar-refractivity contribution in [2.24, 2.45) is 20.5 Å². The van der Waals surface area contributed by atoms with Gasteiger partial charge in [0.15, 0.2) is 11.6 Å². The molecular weight excluding hydrogens is 949 g/mol. The minimum atomic E-state index is -1.61. The van der Waals surface area contributed by atoms with E-state index in [0.29, 0.717) is 29.7 Å². The first-order chi connectivity index (χ1) is 30.4. The molecule has 4 amide bonds. The Morgan fingerprint density at radius 3 is 1.31 bits per heavy atom. The molecule has 5 aromatic carbocycles. The number of hydrogen-bond acceptors (Lipinski definition) is 10. The number of aryl methyl sites for hydroxylation is 2. The lowest BCUT2D eigenvalue weighted by atomic mass is 10.0. The van der Waals surface area contributed by atoms with Gasteiger partial charge in [-0.05, 0) is 111 Å². The van der Waals surface area contributed by atoms with Crippen molar-refractivity contribution in [3.63, 3.8) is 0 Å². The summed E-state index contributed by atoms with van der Waals surface area (Å²) in [6, 6.07) is 17.9. The van der Waals surface area contributed by atoms with Crippen LogP contribution in [0.5, 0.6) is 0 Å². The first-order valence-electron chi connectivity index (χ1n) is 19.1. The predicted molar refractivity (Wildman–Crippen MR) is 252 cm³/mol. The lowest BCUT2D eigenvalue weighted by molar-refractivity contribution is -0.127. The maximum Gasteiger partial charge on any atom is 0.258 e. The van der Waals surface area contributed by atoms with Crippen molar-refractivity contribution in [1.82, 2.24) is 0 Å². The Labute approximate surface area is 397 Å². The smallest absolute Gasteiger partial charge is 0.258 e. The zero-order chi connectivity index (χ0) is 46.8. The van der Waals surface area contributed by atoms with Gasteiger partial charge >= 0.3 is 0 Å². The number of nitrogens with one attached hydrogen (secondary N) is 4. The molecule has 0 saturated carbocycles. The quantitative estimate of drug-likeness (QED) is 0.0560. The fraction of sp³-hybridized carbons (Fsp3) is 0.182. The van der Waals surface area contributed by atoms with E-state index >= 15 is 0 Å². The molecule has 330 valence electrons. The topological polar surface area (TPSA) is 200 Å². The number of ketones is 2. The molecule has 0 aliphatic heterocycles. The van der Waals surface area contributed by atoms with Gasteiger partial charge in [0.25, 0.3) is 23.6 Å². The van der Waals surface area contributed by atoms with Gasteiger partial charge in [0.05, 0.1) is 41.5 Å². The highest BCUT2D eigenvalue weighted by atomic mass is 35.5. The lowest BCUT2D eigenvalue weighted by Gasteiger charge is -2.19. The Hall–Kier alpha value is -5.74. The van der Waals surface area contributed by atoms with Crippen LogP contribution in [0.15, 0.2) is 105 Å². The van der Waals surface area contributed by atoms with Crippen LogP contribution < -0.4 is 21.3 Å². The first kappa shape index (κ1) is 49.3. The van der Waals surface area contributed by atoms with Crippen LogP contribution in [0.1, 0.15) is 59.5 Å². The highest BCUT2D eigenvalue weighted by molar-refractivity contribution is 6.44. The standard InChI is InChI=1S/C44H36Cl6N8O6/c1-5-23-17-27(51-43(63)38(21(3)59)57-55-34-19-25(13-15-28(34)45)41(61)52-32-11-7-9-30(47)36(32)49)18-24(6-2)40(23)54-44(64)39(22(4)60)58-56-35-20-26(14-16-29(35)46)42(62)53-33-12-8-10-31(48)37(33)50/h7-20,38-39H,5-6H2,1-4H3,(H,51,63)(H,52,61)(H,53,62)(H,54,64). The number of benzene rings is 5. The van der Waals surface area contributed by atoms with Crippen LogP contribution in [0.2, 0.25) is 30.1 Å². The highest BCUT2D eigenvalue weighted by Crippen LogP contribution is 2.34. The first-order valence-corrected chi connectivity index (χ1v) is 21.4. The number of nitrogens with zero attached hydrogens (tertiary/aromatic N) is 4. The highest BCUT2D eigenvalue weighted by Gasteiger charge is 2.27. The van der Waals surface area contributed by atoms with Crippen LogP contribution in [0.3, 0.4) is 0 Å². The third kappa shape index (κ3) is 12.3. The van der Waals surface area contributed by atoms with Crippen molar-refractivity contribution < 1.29 is 28.8 Å². The summed E-state index contributed by atoms with van der Waals surface area (Å²) in [7, 11) is 0. The number of azo groups is 2. The number of halogens is 6. The van der Waals surface area contributed by atoms with E-state index in [1.807, 2.05) is 13.8 Å². The molecule has 0 fully saturated rings. The Morgan fingerprint density at radius 2 is 0.922 bits per heavy atom. The van der Waals surface area contributed by atoms with Gasteiger partial charge in [-0.2, -0.15) is 20.5 Å². The van der Waals surface area contributed by atoms with Gasteiger partial charge in [-0.3, -0.25) is 28.8 Å². The minimum Gasteiger partial charge on any atom is -0.324 e. The number of hydrogen-bond donors (Lipinski definition) is 4. The summed E-state index contributed by atoms with van der Waals surface area (Å²) in [6.45, 7) is 5.98. The van der Waals surface area contributed by atoms with Crippen molar-refractivity contribution >= 4 is 139 Å². The Morgan fingerprint density at radius 1 is 0.516 bits per heavy atom. The van der Waals surface area contributed by atoms with Crippen LogP contribution in [0.25, 0.3) is 0 Å². The SMILES string of the molecule is CCc1cc(NC(=O)C(N=Nc2cc(C(=O)Nc3cccc(Cl)c3Cl)ccc2Cl)C(C)=O)cc(CC)c1NC(=O)C(N=Nc1cc(C(=O)Nc2cccc(Cl)c2Cl)ccc1Cl)C(C)=O. The summed E-state index contributed by atoms with van der Waals surface area (Å²) in [4.78, 5) is 78.7. The third-order valence-corrected chi connectivity index (χ3v) is 11.5. The van der Waals surface area contributed by atoms with Gasteiger partial charge in [-0.1, -0.05) is 95.6 Å². The Bertz CT molecular complexity index is 2720. The van der Waals surface area contributed by atoms with Crippen LogP contribution in [0, 0.1) is 0 Å². The average molecular weight is 986 g/mol. The predicted octanol–water partition coefficient (Wildman–Crippen LogP) is 12.6. The molecule has 2 atom stereocenters. The number of carbonyl (C=O) groups is 6. The second-order valence-electron chi connectivity index (χ2n) is 13.8. The van der Waals surface area contributed by atoms with Crippen LogP contribution >= 0.6 is 69.6 Å². The molecular formula is C44H36Cl6N8O6. The van der Waals surface area contributed by atoms with Crippen LogP contribution in [-0.2, 0) is 32.0 Å². The van der Waals surface area contributed by atoms with E-state index in [2.05, 4.69) is 41.7 Å². The Balaban J connectivity index is 1.32. The van der Waals surface area contributed by atoms with Gasteiger partial charge in [0.1, 0.15) is 11.4 Å². The molecule has 20 heteroatoms. The molecule has 4 N–H and O–H groups in total. The molecule has 0 aromatic heterocycles. The van der Waals surface area contributed by atoms with Crippen LogP contribution in [0.4, 0.5) is 34.1 Å². The number of carbonyl (C=O) groups excluding carboxylic acids is 6. The molecule has 0 spiro atoms. The third-order valence-electron chi connectivity index (χ3n) is 9.22. The van der Waals surface area contributed by atoms with E-state index < -0.39 is 47.3 Å². The number of amides is 4. The molecule has 0 bridgehead atoms. The molecule has 14 nitrogen and oxygen atoms in total. The molecule has 0 aliphatic carbocycles. The van der Waals surface area contributed by atoms with Crippen molar-refractivity contribution in [1.29, 1.82) is 0 Å². The zero-order valence-corrected chi connectivity index (χ0v) is 38.7. The van der Waals surface area contributed by atoms with Crippen molar-refractivity contribution in [2.45, 2.75) is 52.6 Å². The number of rotatable bonds is 16. The normalized spacial score (nSPS) is 12.2. The van der Waals surface area contributed by atoms with Crippen LogP contribution in [-0.4, -0.2) is 47.3 Å². The summed E-state index contributed by atoms with van der Waals surface area (Å²) < 4.78 is 0. The molecule has 0 saturated heterocycles. The Kier molecular flexibility index (Phi) is 17.1. The molecule has 0 radical (unpaired) electrons. The minimum absolute atomic E-state index is 0.00953. The number of anilines is 4. The van der Waals surface area contributed by atoms with E-state index in [1.165, 1.54) is 50.2 Å². The van der Waals surface area contributed by atoms with Gasteiger partial charge in [0.2, 0.25) is 12.1 Å². The molecule has 0 heterocycles. The maximum absolute atomic E-state index is 13.7. The maximum atomic E-state index is 13.7. The summed E-state index contributed by atoms with van der Waals surface area (Å²) >= 11 is 37.2. The molecule has 2 unspecified atom stereocenters. The average Bonchev–Trinajstić information content (AvgIpc) is 3.25. The van der Waals surface area contributed by atoms with E-state index in [0.717, 1.165) is 0 Å². The lowest BCUT2D eigenvalue weighted by Crippen LogP contribution is -2.33. The fourth-order valence-electron chi connectivity index (χ4n) is 5.89. The van der Waals surface area contributed by atoms with Gasteiger partial charge < -0.3 is 21.3 Å². The van der Waals surface area contributed by atoms with E-state index in [1.54, 1.807) is 48.5 Å². The monoisotopic (exact) mass is 982 g/mol. The van der Waals surface area contributed by atoms with E-state index in [-0.39, 0.29) is 69.7 Å². The summed E-state index contributed by atoms with van der Waals surface area (Å²) in [5.74, 6) is -4.01. The summed E-state index contributed by atoms with van der Waals surface area (Å²) in [5, 5.41) is 27.9. The van der Waals surface area contributed by atoms with E-state index in [4.69, 9.17) is 69.6 Å². The molecule has 0 aliphatic rings. The van der Waals surface area contributed by atoms with Gasteiger partial charge in [-0.15, -0.1) is 0 Å². The molecule has 5 rings (SSSR count). The number of Topliss-reactive ketones (excluding diaryl/α,β-unsaturated/α-hetero) is 2. The summed E-state index contributed by atoms with van der Waals surface area (Å²) in [6.07, 6.45) is 0.733. The van der Waals surface area contributed by atoms with Crippen molar-refractivity contribution in [3.05, 3.63) is 137 Å². The van der Waals surface area contributed by atoms with Crippen molar-refractivity contribution in [2.75, 3.05) is 21.3 Å². The molecule has 5 aromatic rings. The largest absolute Gasteiger partial charge is 0.324 e. The second-order valence-corrected chi connectivity index (χ2v) is 16.1. The zero-order valence-electron chi connectivity index (χ0n) is 34.2. The van der Waals surface area contributed by atoms with E-state index in [9.17, 15) is 28.8 Å². The summed E-state index contributed by atoms with van der Waals surface area (Å²) in [5.41, 5.74) is 2.64. The molecule has 64 heavy (non-hydrogen) atoms.